The third-order valence-corrected chi connectivity index (χ3v) is 7.18. The normalized spacial score (nSPS) is 12.1. The van der Waals surface area contributed by atoms with Crippen molar-refractivity contribution in [3.05, 3.63) is 116 Å². The zero-order valence-corrected chi connectivity index (χ0v) is 22.3. The average molecular weight is 533 g/mol. The van der Waals surface area contributed by atoms with Crippen LogP contribution in [0.15, 0.2) is 88.3 Å². The molecule has 5 nitrogen and oxygen atoms in total. The average Bonchev–Trinajstić information content (AvgIpc) is 3.40. The molecule has 0 radical (unpaired) electrons. The number of aromatic nitrogens is 3. The molecule has 5 aromatic rings. The predicted molar refractivity (Wildman–Crippen MR) is 150 cm³/mol. The van der Waals surface area contributed by atoms with E-state index in [2.05, 4.69) is 31.1 Å². The highest BCUT2D eigenvalue weighted by atomic mass is 35.5. The molecular weight excluding hydrogens is 509 g/mol. The van der Waals surface area contributed by atoms with E-state index in [1.807, 2.05) is 77.6 Å². The summed E-state index contributed by atoms with van der Waals surface area (Å²) in [6.07, 6.45) is 1.75. The molecule has 0 aliphatic carbocycles. The van der Waals surface area contributed by atoms with Gasteiger partial charge in [0.1, 0.15) is 5.15 Å². The van der Waals surface area contributed by atoms with Crippen LogP contribution in [0.5, 0.6) is 0 Å². The molecule has 0 spiro atoms. The molecule has 36 heavy (non-hydrogen) atoms. The van der Waals surface area contributed by atoms with Crippen LogP contribution in [-0.4, -0.2) is 20.7 Å². The summed E-state index contributed by atoms with van der Waals surface area (Å²) in [6.45, 7) is 6.06. The predicted octanol–water partition coefficient (Wildman–Crippen LogP) is 7.75. The highest BCUT2D eigenvalue weighted by Crippen LogP contribution is 2.25. The Morgan fingerprint density at radius 2 is 1.67 bits per heavy atom. The lowest BCUT2D eigenvalue weighted by Gasteiger charge is -2.05. The maximum absolute atomic E-state index is 6.75. The number of hydrogen-bond donors (Lipinski definition) is 0. The molecule has 5 rings (SSSR count). The van der Waals surface area contributed by atoms with E-state index < -0.39 is 0 Å². The van der Waals surface area contributed by atoms with Crippen LogP contribution >= 0.6 is 34.5 Å². The van der Waals surface area contributed by atoms with Gasteiger partial charge >= 0.3 is 0 Å². The molecule has 2 aromatic heterocycles. The van der Waals surface area contributed by atoms with Gasteiger partial charge in [0.05, 0.1) is 34.5 Å². The Labute approximate surface area is 223 Å². The summed E-state index contributed by atoms with van der Waals surface area (Å²) in [5.74, 6) is 0. The van der Waals surface area contributed by atoms with E-state index in [-0.39, 0.29) is 0 Å². The van der Waals surface area contributed by atoms with Gasteiger partial charge in [0.25, 0.3) is 0 Å². The first-order valence-corrected chi connectivity index (χ1v) is 13.0. The molecule has 0 amide bonds. The standard InChI is InChI=1S/C28H23Cl2N5S/c1-18-9-14-25(19(2)15-18)32-28-35(26(17-36-28)21-10-12-22(29)13-11-21)31-16-24-20(3)33-34(27(24)30)23-7-5-4-6-8-23/h4-17H,1-3H3/b31-16+,32-28?. The molecule has 0 aliphatic heterocycles. The van der Waals surface area contributed by atoms with Crippen LogP contribution < -0.4 is 4.80 Å². The van der Waals surface area contributed by atoms with Crippen LogP contribution in [0.4, 0.5) is 5.69 Å². The van der Waals surface area contributed by atoms with E-state index in [0.29, 0.717) is 10.2 Å². The maximum Gasteiger partial charge on any atom is 0.211 e. The summed E-state index contributed by atoms with van der Waals surface area (Å²) in [6, 6.07) is 23.7. The van der Waals surface area contributed by atoms with Gasteiger partial charge in [0, 0.05) is 16.0 Å². The molecule has 3 aromatic carbocycles. The Hall–Kier alpha value is -3.45. The van der Waals surface area contributed by atoms with Crippen LogP contribution in [0, 0.1) is 20.8 Å². The van der Waals surface area contributed by atoms with Crippen molar-refractivity contribution >= 4 is 46.4 Å². The van der Waals surface area contributed by atoms with E-state index in [0.717, 1.165) is 44.3 Å². The monoisotopic (exact) mass is 531 g/mol. The number of para-hydroxylation sites is 1. The second kappa shape index (κ2) is 10.3. The lowest BCUT2D eigenvalue weighted by Crippen LogP contribution is -2.11. The van der Waals surface area contributed by atoms with Gasteiger partial charge in [-0.15, -0.1) is 11.3 Å². The minimum absolute atomic E-state index is 0.499. The first-order valence-electron chi connectivity index (χ1n) is 11.3. The van der Waals surface area contributed by atoms with Gasteiger partial charge in [-0.05, 0) is 56.7 Å². The summed E-state index contributed by atoms with van der Waals surface area (Å²) < 4.78 is 3.56. The smallest absolute Gasteiger partial charge is 0.211 e. The lowest BCUT2D eigenvalue weighted by atomic mass is 10.1. The molecule has 0 saturated carbocycles. The molecular formula is C28H23Cl2N5S. The molecule has 0 fully saturated rings. The summed E-state index contributed by atoms with van der Waals surface area (Å²) in [7, 11) is 0. The molecule has 0 aliphatic rings. The number of halogens is 2. The highest BCUT2D eigenvalue weighted by Gasteiger charge is 2.14. The van der Waals surface area contributed by atoms with Gasteiger partial charge in [-0.2, -0.15) is 10.2 Å². The van der Waals surface area contributed by atoms with Gasteiger partial charge in [-0.3, -0.25) is 0 Å². The van der Waals surface area contributed by atoms with Crippen molar-refractivity contribution in [3.8, 4) is 16.9 Å². The molecule has 8 heteroatoms. The maximum atomic E-state index is 6.75. The zero-order chi connectivity index (χ0) is 25.2. The minimum Gasteiger partial charge on any atom is -0.221 e. The van der Waals surface area contributed by atoms with Gasteiger partial charge in [-0.25, -0.2) is 14.4 Å². The molecule has 0 unspecified atom stereocenters. The van der Waals surface area contributed by atoms with Crippen molar-refractivity contribution in [1.82, 2.24) is 14.5 Å². The van der Waals surface area contributed by atoms with Crippen molar-refractivity contribution in [2.45, 2.75) is 20.8 Å². The van der Waals surface area contributed by atoms with Crippen molar-refractivity contribution in [2.75, 3.05) is 0 Å². The van der Waals surface area contributed by atoms with E-state index in [9.17, 15) is 0 Å². The number of thiazole rings is 1. The van der Waals surface area contributed by atoms with Crippen LogP contribution in [-0.2, 0) is 0 Å². The van der Waals surface area contributed by atoms with Gasteiger partial charge in [0.15, 0.2) is 0 Å². The summed E-state index contributed by atoms with van der Waals surface area (Å²) >= 11 is 14.4. The quantitative estimate of drug-likeness (QED) is 0.214. The fourth-order valence-electron chi connectivity index (χ4n) is 3.86. The van der Waals surface area contributed by atoms with E-state index in [1.54, 1.807) is 10.9 Å². The largest absolute Gasteiger partial charge is 0.221 e. The molecule has 0 atom stereocenters. The lowest BCUT2D eigenvalue weighted by molar-refractivity contribution is 0.854. The Morgan fingerprint density at radius 3 is 2.39 bits per heavy atom. The molecule has 0 saturated heterocycles. The first kappa shape index (κ1) is 24.3. The molecule has 0 N–H and O–H groups in total. The topological polar surface area (TPSA) is 47.5 Å². The number of aryl methyl sites for hydroxylation is 3. The fourth-order valence-corrected chi connectivity index (χ4v) is 5.15. The van der Waals surface area contributed by atoms with Crippen LogP contribution in [0.3, 0.4) is 0 Å². The third-order valence-electron chi connectivity index (χ3n) is 5.74. The zero-order valence-electron chi connectivity index (χ0n) is 20.0. The van der Waals surface area contributed by atoms with Crippen molar-refractivity contribution < 1.29 is 0 Å². The van der Waals surface area contributed by atoms with E-state index in [1.165, 1.54) is 16.9 Å². The summed E-state index contributed by atoms with van der Waals surface area (Å²) in [5.41, 5.74) is 7.52. The minimum atomic E-state index is 0.499. The second-order valence-corrected chi connectivity index (χ2v) is 10.0. The van der Waals surface area contributed by atoms with Crippen molar-refractivity contribution in [3.63, 3.8) is 0 Å². The third kappa shape index (κ3) is 4.93. The molecule has 2 heterocycles. The van der Waals surface area contributed by atoms with Crippen LogP contribution in [0.25, 0.3) is 16.9 Å². The van der Waals surface area contributed by atoms with E-state index >= 15 is 0 Å². The number of rotatable bonds is 5. The van der Waals surface area contributed by atoms with Crippen LogP contribution in [0.1, 0.15) is 22.4 Å². The van der Waals surface area contributed by atoms with Gasteiger partial charge in [0.2, 0.25) is 4.80 Å². The molecule has 180 valence electrons. The van der Waals surface area contributed by atoms with Gasteiger partial charge < -0.3 is 0 Å². The highest BCUT2D eigenvalue weighted by molar-refractivity contribution is 7.07. The van der Waals surface area contributed by atoms with Crippen LogP contribution in [0.2, 0.25) is 10.2 Å². The Kier molecular flexibility index (Phi) is 6.92. The fraction of sp³-hybridized carbons (Fsp3) is 0.107. The van der Waals surface area contributed by atoms with E-state index in [4.69, 9.17) is 33.3 Å². The Bertz CT molecular complexity index is 1630. The number of nitrogens with zero attached hydrogens (tertiary/aromatic N) is 5. The van der Waals surface area contributed by atoms with Gasteiger partial charge in [-0.1, -0.05) is 71.2 Å². The SMILES string of the molecule is Cc1ccc(N=c2scc(-c3ccc(Cl)cc3)n2/N=C/c2c(C)nn(-c3ccccc3)c2Cl)c(C)c1. The first-order chi connectivity index (χ1) is 17.4. The summed E-state index contributed by atoms with van der Waals surface area (Å²) in [4.78, 5) is 5.69. The van der Waals surface area contributed by atoms with Crippen molar-refractivity contribution in [1.29, 1.82) is 0 Å². The number of hydrogen-bond acceptors (Lipinski definition) is 4. The Morgan fingerprint density at radius 1 is 0.917 bits per heavy atom. The second-order valence-electron chi connectivity index (χ2n) is 8.41. The van der Waals surface area contributed by atoms with Crippen molar-refractivity contribution in [2.24, 2.45) is 10.1 Å². The summed E-state index contributed by atoms with van der Waals surface area (Å²) in [5, 5.41) is 12.7. The Balaban J connectivity index is 1.64. The number of benzene rings is 3. The molecule has 0 bridgehead atoms.